The van der Waals surface area contributed by atoms with Crippen LogP contribution >= 0.6 is 0 Å². The zero-order valence-electron chi connectivity index (χ0n) is 21.5. The van der Waals surface area contributed by atoms with E-state index in [4.69, 9.17) is 9.47 Å². The predicted octanol–water partition coefficient (Wildman–Crippen LogP) is 3.47. The maximum Gasteiger partial charge on any atom is 0.350 e. The van der Waals surface area contributed by atoms with Gasteiger partial charge in [0.2, 0.25) is 5.88 Å². The number of carbonyl (C=O) groups is 1. The summed E-state index contributed by atoms with van der Waals surface area (Å²) in [6.07, 6.45) is 2.78. The fourth-order valence-corrected chi connectivity index (χ4v) is 3.81. The first-order valence-electron chi connectivity index (χ1n) is 11.6. The number of hydrogen-bond donors (Lipinski definition) is 2. The summed E-state index contributed by atoms with van der Waals surface area (Å²) >= 11 is 0. The summed E-state index contributed by atoms with van der Waals surface area (Å²) in [6, 6.07) is 3.98. The lowest BCUT2D eigenvalue weighted by Gasteiger charge is -2.19. The van der Waals surface area contributed by atoms with Gasteiger partial charge in [0.15, 0.2) is 5.82 Å². The molecule has 3 aromatic rings. The van der Waals surface area contributed by atoms with Crippen molar-refractivity contribution in [2.75, 3.05) is 12.4 Å². The van der Waals surface area contributed by atoms with Crippen molar-refractivity contribution in [3.8, 4) is 17.3 Å². The monoisotopic (exact) mass is 501 g/mol. The Kier molecular flexibility index (Phi) is 7.83. The van der Waals surface area contributed by atoms with Gasteiger partial charge in [0.05, 0.1) is 18.8 Å². The first-order valence-corrected chi connectivity index (χ1v) is 11.6. The van der Waals surface area contributed by atoms with E-state index in [0.717, 1.165) is 21.7 Å². The number of aromatic nitrogens is 4. The summed E-state index contributed by atoms with van der Waals surface area (Å²) in [4.78, 5) is 30.2. The van der Waals surface area contributed by atoms with E-state index in [2.05, 4.69) is 15.4 Å². The number of aryl methyl sites for hydroxylation is 1. The Morgan fingerprint density at radius 3 is 2.61 bits per heavy atom. The molecule has 36 heavy (non-hydrogen) atoms. The molecule has 2 N–H and O–H groups in total. The zero-order chi connectivity index (χ0) is 26.8. The van der Waals surface area contributed by atoms with Crippen LogP contribution in [-0.2, 0) is 12.6 Å². The molecule has 0 aliphatic carbocycles. The van der Waals surface area contributed by atoms with Gasteiger partial charge >= 0.3 is 5.69 Å². The van der Waals surface area contributed by atoms with Crippen LogP contribution < -0.4 is 20.5 Å². The number of rotatable bonds is 9. The number of amides is 1. The molecule has 0 radical (unpaired) electrons. The van der Waals surface area contributed by atoms with Crippen LogP contribution in [0, 0.1) is 12.7 Å². The number of nitrogens with one attached hydrogen (secondary N) is 1. The summed E-state index contributed by atoms with van der Waals surface area (Å²) < 4.78 is 28.6. The molecule has 0 fully saturated rings. The molecule has 1 amide bonds. The number of benzene rings is 1. The molecular weight excluding hydrogens is 469 g/mol. The highest BCUT2D eigenvalue weighted by Gasteiger charge is 2.28. The SMILES string of the molecule is CCCC(C)Oc1cc(-n2nc(C(C)(C)O)n(C)c2=O)c(F)cc1C(=O)Nc1c(C)ccnc1OC. The van der Waals surface area contributed by atoms with Gasteiger partial charge < -0.3 is 19.9 Å². The van der Waals surface area contributed by atoms with Crippen molar-refractivity contribution in [3.63, 3.8) is 0 Å². The van der Waals surface area contributed by atoms with Crippen LogP contribution in [0.5, 0.6) is 11.6 Å². The molecule has 0 saturated heterocycles. The van der Waals surface area contributed by atoms with E-state index < -0.39 is 23.0 Å². The van der Waals surface area contributed by atoms with Gasteiger partial charge in [0.1, 0.15) is 28.5 Å². The molecule has 10 nitrogen and oxygen atoms in total. The van der Waals surface area contributed by atoms with Crippen molar-refractivity contribution >= 4 is 11.6 Å². The number of anilines is 1. The smallest absolute Gasteiger partial charge is 0.350 e. The molecule has 0 spiro atoms. The first kappa shape index (κ1) is 26.9. The van der Waals surface area contributed by atoms with E-state index in [1.807, 2.05) is 13.8 Å². The van der Waals surface area contributed by atoms with E-state index in [1.54, 1.807) is 19.2 Å². The minimum absolute atomic E-state index is 0.0506. The van der Waals surface area contributed by atoms with E-state index >= 15 is 4.39 Å². The number of carbonyl (C=O) groups excluding carboxylic acids is 1. The molecule has 194 valence electrons. The topological polar surface area (TPSA) is 120 Å². The van der Waals surface area contributed by atoms with E-state index in [9.17, 15) is 14.7 Å². The molecule has 1 unspecified atom stereocenters. The van der Waals surface area contributed by atoms with Crippen LogP contribution in [0.1, 0.15) is 62.3 Å². The van der Waals surface area contributed by atoms with Crippen LogP contribution in [-0.4, -0.2) is 43.6 Å². The van der Waals surface area contributed by atoms with Crippen LogP contribution in [0.25, 0.3) is 5.69 Å². The Morgan fingerprint density at radius 2 is 2.03 bits per heavy atom. The number of pyridine rings is 1. The lowest BCUT2D eigenvalue weighted by Crippen LogP contribution is -2.26. The molecule has 0 bridgehead atoms. The predicted molar refractivity (Wildman–Crippen MR) is 132 cm³/mol. The largest absolute Gasteiger partial charge is 0.490 e. The number of methoxy groups -OCH3 is 1. The second kappa shape index (κ2) is 10.5. The molecule has 3 rings (SSSR count). The van der Waals surface area contributed by atoms with Crippen molar-refractivity contribution in [2.24, 2.45) is 7.05 Å². The highest BCUT2D eigenvalue weighted by molar-refractivity contribution is 6.07. The second-order valence-corrected chi connectivity index (χ2v) is 9.12. The third-order valence-electron chi connectivity index (χ3n) is 5.63. The molecule has 2 heterocycles. The van der Waals surface area contributed by atoms with Crippen LogP contribution in [0.15, 0.2) is 29.2 Å². The third-order valence-corrected chi connectivity index (χ3v) is 5.63. The summed E-state index contributed by atoms with van der Waals surface area (Å²) in [5, 5.41) is 17.2. The number of aliphatic hydroxyl groups is 1. The zero-order valence-corrected chi connectivity index (χ0v) is 21.5. The summed E-state index contributed by atoms with van der Waals surface area (Å²) in [5.41, 5.74) is -1.34. The van der Waals surface area contributed by atoms with Gasteiger partial charge in [0.25, 0.3) is 5.91 Å². The Labute approximate surface area is 208 Å². The molecule has 1 atom stereocenters. The minimum Gasteiger partial charge on any atom is -0.490 e. The average Bonchev–Trinajstić information content (AvgIpc) is 3.10. The van der Waals surface area contributed by atoms with Crippen molar-refractivity contribution in [1.82, 2.24) is 19.3 Å². The van der Waals surface area contributed by atoms with Gasteiger partial charge in [-0.25, -0.2) is 14.2 Å². The number of halogens is 1. The normalized spacial score (nSPS) is 12.4. The Bertz CT molecular complexity index is 1330. The molecular formula is C25H32FN5O5. The Morgan fingerprint density at radius 1 is 1.33 bits per heavy atom. The number of hydrogen-bond acceptors (Lipinski definition) is 7. The van der Waals surface area contributed by atoms with Crippen LogP contribution in [0.2, 0.25) is 0 Å². The van der Waals surface area contributed by atoms with E-state index in [0.29, 0.717) is 17.7 Å². The standard InChI is InChI=1S/C25H32FN5O5/c1-8-9-15(3)36-19-13-18(31-24(33)30(6)23(29-31)25(4,5)34)17(26)12-16(19)21(32)28-20-14(2)10-11-27-22(20)35-7/h10-13,15,34H,8-9H2,1-7H3,(H,28,32). The van der Waals surface area contributed by atoms with E-state index in [1.165, 1.54) is 34.1 Å². The van der Waals surface area contributed by atoms with Gasteiger partial charge in [-0.05, 0) is 51.8 Å². The van der Waals surface area contributed by atoms with Gasteiger partial charge in [-0.3, -0.25) is 9.36 Å². The number of nitrogens with zero attached hydrogens (tertiary/aromatic N) is 4. The van der Waals surface area contributed by atoms with Gasteiger partial charge in [-0.1, -0.05) is 13.3 Å². The summed E-state index contributed by atoms with van der Waals surface area (Å²) in [7, 11) is 2.86. The average molecular weight is 502 g/mol. The fraction of sp³-hybridized carbons (Fsp3) is 0.440. The van der Waals surface area contributed by atoms with Crippen molar-refractivity contribution in [2.45, 2.75) is 59.2 Å². The lowest BCUT2D eigenvalue weighted by atomic mass is 10.1. The summed E-state index contributed by atoms with van der Waals surface area (Å²) in [5.74, 6) is -1.17. The van der Waals surface area contributed by atoms with E-state index in [-0.39, 0.29) is 34.8 Å². The Balaban J connectivity index is 2.14. The first-order chi connectivity index (χ1) is 16.9. The minimum atomic E-state index is -1.44. The molecule has 0 saturated carbocycles. The second-order valence-electron chi connectivity index (χ2n) is 9.12. The fourth-order valence-electron chi connectivity index (χ4n) is 3.81. The maximum atomic E-state index is 15.4. The Hall–Kier alpha value is -3.73. The van der Waals surface area contributed by atoms with Crippen LogP contribution in [0.3, 0.4) is 0 Å². The summed E-state index contributed by atoms with van der Waals surface area (Å²) in [6.45, 7) is 8.55. The van der Waals surface area contributed by atoms with Crippen molar-refractivity contribution < 1.29 is 23.8 Å². The molecule has 0 aliphatic rings. The van der Waals surface area contributed by atoms with Gasteiger partial charge in [-0.15, -0.1) is 5.10 Å². The molecule has 0 aliphatic heterocycles. The van der Waals surface area contributed by atoms with Crippen LogP contribution in [0.4, 0.5) is 10.1 Å². The quantitative estimate of drug-likeness (QED) is 0.461. The maximum absolute atomic E-state index is 15.4. The molecule has 2 aromatic heterocycles. The molecule has 1 aromatic carbocycles. The third kappa shape index (κ3) is 5.40. The number of ether oxygens (including phenoxy) is 2. The highest BCUT2D eigenvalue weighted by Crippen LogP contribution is 2.30. The molecule has 11 heteroatoms. The van der Waals surface area contributed by atoms with Gasteiger partial charge in [0, 0.05) is 19.3 Å². The van der Waals surface area contributed by atoms with Crippen molar-refractivity contribution in [3.05, 3.63) is 57.6 Å². The highest BCUT2D eigenvalue weighted by atomic mass is 19.1. The lowest BCUT2D eigenvalue weighted by molar-refractivity contribution is 0.0649. The van der Waals surface area contributed by atoms with Gasteiger partial charge in [-0.2, -0.15) is 4.68 Å². The van der Waals surface area contributed by atoms with Crippen molar-refractivity contribution in [1.29, 1.82) is 0 Å².